The smallest absolute Gasteiger partial charge is 0.352 e. The van der Waals surface area contributed by atoms with E-state index in [1.807, 2.05) is 13.8 Å². The van der Waals surface area contributed by atoms with E-state index in [0.717, 1.165) is 83.0 Å². The number of halogens is 3. The SMILES string of the molecule is CNC(CC(C)C)C(=O)NC1C(=O)NC(CC(N)=O)C(=O)NC2C(=O)NC3C(=O)NC(C(=O)NC(C(=O)NCCCON=C(C(=O)NC4C(=O)N5C(C(=O)O)=C(C[n+]6ccccc6)CSC45)c4nc(N)sc4Cl)c4cc(O)cc(O)c4-c4cc3ccc4O)C(O)c3ccc(c(Cl)c3)Oc3cc2cc(c3OC2OC(CO)C(O)C(O)C2C2(C)CC(C)(N)C(O)C(C)O2)Oc2ccc(cc2Cl)C1O. The van der Waals surface area contributed by atoms with Gasteiger partial charge in [-0.1, -0.05) is 89.4 Å². The minimum Gasteiger partial charge on any atom is -0.508 e. The van der Waals surface area contributed by atoms with Gasteiger partial charge in [-0.05, 0) is 129 Å². The Morgan fingerprint density at radius 3 is 2.02 bits per heavy atom. The number of carboxylic acids is 1. The van der Waals surface area contributed by atoms with Gasteiger partial charge in [-0.15, -0.1) is 11.8 Å². The standard InChI is InChI=1S/C88H97Cl3N16O27S2/c1-34(2)21-46(95-6)74(118)101-63-67(113)37-12-15-50(44(89)23-37)130-52-25-39-26-53(71(52)133-85-57(70(116)69(115)54(31-108)132-85)88(5)33-87(4,94)72(117)35(3)134-88)131-51-16-13-38(24-45(51)90)68(114)64-81(125)100-60(43-27-41(109)28-49(111)56(43)42-22-36(11-14-48(42)110)58(77(121)102-64)99-78(122)59(39)98-75(119)47(29-55(92)112)97-80(63)124)76(120)96-17-10-20-129-105-62(61-73(91)136-86(93)104-61)79(123)103-65-82(126)107-66(84(127)128)40(32-135-83(65)107)30-106-18-8-7-9-19-106/h7-9,11-16,18-19,22-28,34-35,46-47,54,57-60,63-65,67-70,72,83,85,95,108,113-117H,10,17,20-21,29-33,94H2,1-6H3,(H15-,92,93,96,97,98,99,100,101,102,103,104,105,109,110,111,112,118,119,120,121,122,123,124,125,127,128)/p+1. The number of nitrogens with two attached hydrogens (primary N) is 3. The fourth-order valence-electron chi connectivity index (χ4n) is 17.5. The number of benzene rings is 5. The Morgan fingerprint density at radius 2 is 1.40 bits per heavy atom. The molecule has 724 valence electrons. The Bertz CT molecular complexity index is 5960. The number of pyridine rings is 1. The van der Waals surface area contributed by atoms with E-state index < -0.39 is 290 Å². The van der Waals surface area contributed by atoms with Crippen LogP contribution in [-0.4, -0.2) is 248 Å². The number of nitrogens with one attached hydrogen (secondary N) is 9. The van der Waals surface area contributed by atoms with E-state index in [2.05, 4.69) is 58.0 Å². The Kier molecular flexibility index (Phi) is 30.0. The molecule has 25 N–H and O–H groups in total. The Balaban J connectivity index is 0.856. The van der Waals surface area contributed by atoms with Crippen LogP contribution in [0.3, 0.4) is 0 Å². The van der Waals surface area contributed by atoms with E-state index >= 15 is 28.8 Å². The summed E-state index contributed by atoms with van der Waals surface area (Å²) in [5.41, 5.74) is 11.7. The van der Waals surface area contributed by atoms with Crippen molar-refractivity contribution in [2.75, 3.05) is 38.3 Å². The van der Waals surface area contributed by atoms with E-state index in [4.69, 9.17) is 80.5 Å². The number of fused-ring (bicyclic) bond motifs is 16. The third-order valence-corrected chi connectivity index (χ3v) is 27.1. The quantitative estimate of drug-likeness (QED) is 0.0140. The van der Waals surface area contributed by atoms with Crippen LogP contribution in [0.25, 0.3) is 11.1 Å². The maximum atomic E-state index is 16.5. The number of carbonyl (C=O) groups excluding carboxylic acids is 10. The number of aliphatic hydroxyl groups excluding tert-OH is 6. The summed E-state index contributed by atoms with van der Waals surface area (Å²) in [7, 11) is 1.47. The van der Waals surface area contributed by atoms with Crippen molar-refractivity contribution >= 4 is 134 Å². The molecule has 43 nitrogen and oxygen atoms in total. The van der Waals surface area contributed by atoms with Gasteiger partial charge >= 0.3 is 5.97 Å². The average Bonchev–Trinajstić information content (AvgIpc) is 0.809. The number of phenolic OH excluding ortho intramolecular Hbond substituents is 3. The van der Waals surface area contributed by atoms with E-state index in [9.17, 15) is 75.0 Å². The molecular weight excluding hydrogens is 1880 g/mol. The number of β-lactam (4-membered cyclic amide) rings is 1. The highest BCUT2D eigenvalue weighted by atomic mass is 35.5. The molecule has 9 aliphatic heterocycles. The molecule has 2 aromatic heterocycles. The minimum atomic E-state index is -2.40. The van der Waals surface area contributed by atoms with Gasteiger partial charge in [0.15, 0.2) is 41.3 Å². The monoisotopic (exact) mass is 1980 g/mol. The van der Waals surface area contributed by atoms with Gasteiger partial charge in [0.1, 0.15) is 123 Å². The van der Waals surface area contributed by atoms with Gasteiger partial charge in [0.2, 0.25) is 59.3 Å². The third kappa shape index (κ3) is 20.8. The molecule has 48 heteroatoms. The van der Waals surface area contributed by atoms with Crippen molar-refractivity contribution in [1.82, 2.24) is 57.7 Å². The first-order valence-corrected chi connectivity index (χ1v) is 45.6. The molecule has 0 spiro atoms. The second-order valence-electron chi connectivity index (χ2n) is 34.4. The number of nitrogens with zero attached hydrogens (tertiary/aromatic N) is 4. The van der Waals surface area contributed by atoms with Crippen LogP contribution < -0.4 is 83.8 Å². The number of rotatable bonds is 23. The van der Waals surface area contributed by atoms with Crippen LogP contribution in [0, 0.1) is 11.8 Å². The zero-order valence-electron chi connectivity index (χ0n) is 73.1. The Hall–Kier alpha value is -12.3. The fourth-order valence-corrected chi connectivity index (χ4v) is 20.2. The number of primary amides is 1. The molecule has 5 aromatic carbocycles. The molecule has 20 unspecified atom stereocenters. The number of hydrogen-bond acceptors (Lipinski definition) is 33. The highest BCUT2D eigenvalue weighted by molar-refractivity contribution is 8.00. The molecule has 0 radical (unpaired) electrons. The lowest BCUT2D eigenvalue weighted by atomic mass is 9.69. The summed E-state index contributed by atoms with van der Waals surface area (Å²) in [6.45, 7) is 6.40. The molecule has 11 bridgehead atoms. The number of carbonyl (C=O) groups is 11. The number of oxime groups is 1. The average molecular weight is 1980 g/mol. The normalized spacial score (nSPS) is 27.6. The van der Waals surface area contributed by atoms with Gasteiger partial charge in [0.25, 0.3) is 11.8 Å². The number of amides is 10. The lowest BCUT2D eigenvalue weighted by Crippen LogP contribution is -2.71. The van der Waals surface area contributed by atoms with Crippen molar-refractivity contribution in [3.8, 4) is 57.1 Å². The van der Waals surface area contributed by atoms with Gasteiger partial charge in [-0.2, -0.15) is 0 Å². The van der Waals surface area contributed by atoms with E-state index in [1.54, 1.807) is 35.2 Å². The number of nitrogen functional groups attached to an aromatic ring is 1. The topological polar surface area (TPSA) is 664 Å². The van der Waals surface area contributed by atoms with Crippen LogP contribution >= 0.6 is 57.9 Å². The minimum absolute atomic E-state index is 0.109. The molecule has 16 rings (SSSR count). The first kappa shape index (κ1) is 99.6. The number of anilines is 1. The van der Waals surface area contributed by atoms with E-state index in [-0.39, 0.29) is 80.2 Å². The van der Waals surface area contributed by atoms with Crippen LogP contribution in [0.15, 0.2) is 126 Å². The van der Waals surface area contributed by atoms with Crippen molar-refractivity contribution in [2.24, 2.45) is 28.5 Å². The van der Waals surface area contributed by atoms with Crippen molar-refractivity contribution in [2.45, 2.75) is 181 Å². The highest BCUT2D eigenvalue weighted by Crippen LogP contribution is 2.53. The number of carboxylic acid groups (broad SMARTS) is 1. The van der Waals surface area contributed by atoms with E-state index in [1.165, 1.54) is 51.7 Å². The van der Waals surface area contributed by atoms with Crippen LogP contribution in [0.1, 0.15) is 124 Å². The zero-order valence-corrected chi connectivity index (χ0v) is 77.0. The van der Waals surface area contributed by atoms with Crippen LogP contribution in [-0.2, 0) is 73.6 Å². The number of likely N-dealkylation sites (N-methyl/N-ethyl adjacent to an activating group) is 1. The van der Waals surface area contributed by atoms with Crippen LogP contribution in [0.2, 0.25) is 14.4 Å². The third-order valence-electron chi connectivity index (χ3n) is 24.1. The summed E-state index contributed by atoms with van der Waals surface area (Å²) in [6.07, 6.45) is -12.4. The summed E-state index contributed by atoms with van der Waals surface area (Å²) >= 11 is 22.9. The molecule has 7 aromatic rings. The van der Waals surface area contributed by atoms with Gasteiger partial charge in [0.05, 0.1) is 58.9 Å². The van der Waals surface area contributed by atoms with Crippen molar-refractivity contribution < 1.29 is 137 Å². The number of thiazole rings is 1. The second-order valence-corrected chi connectivity index (χ2v) is 37.9. The predicted octanol–water partition coefficient (Wildman–Crippen LogP) is 1.03. The number of aliphatic hydroxyl groups is 6. The predicted molar refractivity (Wildman–Crippen MR) is 483 cm³/mol. The summed E-state index contributed by atoms with van der Waals surface area (Å²) in [5, 5.41) is 143. The molecule has 136 heavy (non-hydrogen) atoms. The summed E-state index contributed by atoms with van der Waals surface area (Å²) < 4.78 is 34.9. The molecule has 9 aliphatic rings. The van der Waals surface area contributed by atoms with Crippen LogP contribution in [0.4, 0.5) is 5.13 Å². The lowest BCUT2D eigenvalue weighted by molar-refractivity contribution is -0.689. The first-order valence-electron chi connectivity index (χ1n) is 42.6. The Labute approximate surface area is 797 Å². The molecule has 20 atom stereocenters. The van der Waals surface area contributed by atoms with Crippen molar-refractivity contribution in [3.63, 3.8) is 0 Å². The van der Waals surface area contributed by atoms with Gasteiger partial charge in [-0.3, -0.25) is 52.8 Å². The molecule has 0 aliphatic carbocycles. The van der Waals surface area contributed by atoms with Gasteiger partial charge in [-0.25, -0.2) is 14.3 Å². The lowest BCUT2D eigenvalue weighted by Gasteiger charge is -2.55. The summed E-state index contributed by atoms with van der Waals surface area (Å²) in [4.78, 5) is 174. The molecule has 10 amide bonds. The largest absolute Gasteiger partial charge is 0.508 e. The number of phenols is 3. The molecular formula is C88H98Cl3N16O27S2+. The highest BCUT2D eigenvalue weighted by Gasteiger charge is 2.61. The van der Waals surface area contributed by atoms with Crippen molar-refractivity contribution in [1.29, 1.82) is 0 Å². The summed E-state index contributed by atoms with van der Waals surface area (Å²) in [5.74, 6) is -20.3. The molecule has 3 fully saturated rings. The van der Waals surface area contributed by atoms with Gasteiger partial charge < -0.3 is 145 Å². The Morgan fingerprint density at radius 1 is 0.757 bits per heavy atom. The number of aliphatic carboxylic acids is 1. The number of aromatic nitrogens is 2. The molecule has 3 saturated heterocycles. The number of hydrogen-bond donors (Lipinski definition) is 22. The van der Waals surface area contributed by atoms with Crippen molar-refractivity contribution in [3.05, 3.63) is 169 Å². The molecule has 0 saturated carbocycles. The second kappa shape index (κ2) is 40.9. The first-order chi connectivity index (χ1) is 64.5. The van der Waals surface area contributed by atoms with E-state index in [0.29, 0.717) is 5.57 Å². The summed E-state index contributed by atoms with van der Waals surface area (Å²) in [6, 6.07) is 3.24. The maximum absolute atomic E-state index is 16.5. The number of ether oxygens (including phenoxy) is 5. The maximum Gasteiger partial charge on any atom is 0.352 e. The van der Waals surface area contributed by atoms with Gasteiger partial charge in [0, 0.05) is 59.2 Å². The fraction of sp³-hybridized carbons (Fsp3) is 0.409. The van der Waals surface area contributed by atoms with Crippen LogP contribution in [0.5, 0.6) is 46.0 Å². The molecule has 11 heterocycles. The number of thioether (sulfide) groups is 1. The number of aromatic hydroxyl groups is 3. The zero-order chi connectivity index (χ0) is 98.3.